The summed E-state index contributed by atoms with van der Waals surface area (Å²) in [5.41, 5.74) is 1.84. The van der Waals surface area contributed by atoms with Gasteiger partial charge in [0.1, 0.15) is 5.75 Å². The van der Waals surface area contributed by atoms with Gasteiger partial charge in [-0.3, -0.25) is 9.59 Å². The van der Waals surface area contributed by atoms with Crippen molar-refractivity contribution in [2.24, 2.45) is 5.92 Å². The number of aryl methyl sites for hydroxylation is 1. The second kappa shape index (κ2) is 10.0. The van der Waals surface area contributed by atoms with Crippen LogP contribution in [0.15, 0.2) is 42.5 Å². The molecule has 6 nitrogen and oxygen atoms in total. The molecule has 2 heterocycles. The molecule has 1 saturated heterocycles. The highest BCUT2D eigenvalue weighted by atomic mass is 19.1. The first kappa shape index (κ1) is 22.1. The van der Waals surface area contributed by atoms with Gasteiger partial charge in [-0.15, -0.1) is 0 Å². The maximum Gasteiger partial charge on any atom is 0.265 e. The molecule has 1 atom stereocenters. The van der Waals surface area contributed by atoms with Gasteiger partial charge >= 0.3 is 0 Å². The molecule has 0 aromatic heterocycles. The fourth-order valence-corrected chi connectivity index (χ4v) is 4.30. The molecule has 2 aliphatic heterocycles. The molecule has 7 heteroatoms. The van der Waals surface area contributed by atoms with Crippen LogP contribution < -0.4 is 14.4 Å². The Balaban J connectivity index is 1.20. The van der Waals surface area contributed by atoms with Gasteiger partial charge in [-0.25, -0.2) is 4.39 Å². The number of para-hydroxylation sites is 1. The normalized spacial score (nSPS) is 17.8. The topological polar surface area (TPSA) is 59.1 Å². The first-order valence-corrected chi connectivity index (χ1v) is 11.2. The fourth-order valence-electron chi connectivity index (χ4n) is 4.30. The van der Waals surface area contributed by atoms with Gasteiger partial charge in [-0.2, -0.15) is 0 Å². The monoisotopic (exact) mass is 440 g/mol. The van der Waals surface area contributed by atoms with Crippen molar-refractivity contribution >= 4 is 17.5 Å². The number of anilines is 1. The van der Waals surface area contributed by atoms with Crippen LogP contribution in [0.1, 0.15) is 31.2 Å². The van der Waals surface area contributed by atoms with E-state index in [1.165, 1.54) is 6.07 Å². The molecular weight excluding hydrogens is 411 g/mol. The van der Waals surface area contributed by atoms with E-state index in [1.807, 2.05) is 30.0 Å². The Morgan fingerprint density at radius 2 is 2.09 bits per heavy atom. The number of carbonyl (C=O) groups excluding carboxylic acids is 2. The maximum atomic E-state index is 13.6. The van der Waals surface area contributed by atoms with Gasteiger partial charge < -0.3 is 19.3 Å². The first-order valence-electron chi connectivity index (χ1n) is 11.2. The molecule has 0 saturated carbocycles. The van der Waals surface area contributed by atoms with Gasteiger partial charge in [0.25, 0.3) is 5.91 Å². The highest BCUT2D eigenvalue weighted by Gasteiger charge is 2.28. The van der Waals surface area contributed by atoms with E-state index < -0.39 is 0 Å². The van der Waals surface area contributed by atoms with Crippen molar-refractivity contribution in [2.75, 3.05) is 37.7 Å². The molecular formula is C25H29FN2O4. The average Bonchev–Trinajstić information content (AvgIpc) is 3.25. The molecule has 32 heavy (non-hydrogen) atoms. The molecule has 2 aromatic carbocycles. The minimum absolute atomic E-state index is 0.0345. The van der Waals surface area contributed by atoms with Crippen molar-refractivity contribution in [3.8, 4) is 11.5 Å². The molecule has 0 bridgehead atoms. The highest BCUT2D eigenvalue weighted by Crippen LogP contribution is 2.33. The van der Waals surface area contributed by atoms with Crippen LogP contribution in [0.5, 0.6) is 11.5 Å². The molecule has 0 aliphatic carbocycles. The lowest BCUT2D eigenvalue weighted by molar-refractivity contribution is -0.130. The van der Waals surface area contributed by atoms with Crippen LogP contribution in [0.4, 0.5) is 10.1 Å². The number of nitrogens with zero attached hydrogens (tertiary/aromatic N) is 2. The standard InChI is InChI=1S/C25H29FN2O4/c1-18-8-9-23-21(15-18)28(25(30)17-32-23)12-4-7-24(29)27-13-10-19(16-27)11-14-31-22-6-3-2-5-20(22)26/h2-3,5-6,8-9,15,19H,4,7,10-14,16-17H2,1H3. The summed E-state index contributed by atoms with van der Waals surface area (Å²) in [7, 11) is 0. The Bertz CT molecular complexity index is 980. The second-order valence-corrected chi connectivity index (χ2v) is 8.47. The Morgan fingerprint density at radius 1 is 1.25 bits per heavy atom. The highest BCUT2D eigenvalue weighted by molar-refractivity contribution is 5.98. The summed E-state index contributed by atoms with van der Waals surface area (Å²) < 4.78 is 24.7. The van der Waals surface area contributed by atoms with E-state index in [-0.39, 0.29) is 30.0 Å². The van der Waals surface area contributed by atoms with Crippen LogP contribution >= 0.6 is 0 Å². The van der Waals surface area contributed by atoms with Crippen LogP contribution in [0, 0.1) is 18.7 Å². The number of halogens is 1. The van der Waals surface area contributed by atoms with E-state index in [0.29, 0.717) is 44.2 Å². The second-order valence-electron chi connectivity index (χ2n) is 8.47. The van der Waals surface area contributed by atoms with Crippen LogP contribution in [0.2, 0.25) is 0 Å². The molecule has 1 unspecified atom stereocenters. The van der Waals surface area contributed by atoms with E-state index in [0.717, 1.165) is 30.6 Å². The molecule has 2 amide bonds. The Labute approximate surface area is 187 Å². The average molecular weight is 441 g/mol. The smallest absolute Gasteiger partial charge is 0.265 e. The third-order valence-electron chi connectivity index (χ3n) is 6.09. The number of hydrogen-bond donors (Lipinski definition) is 0. The van der Waals surface area contributed by atoms with Crippen molar-refractivity contribution in [1.29, 1.82) is 0 Å². The van der Waals surface area contributed by atoms with Gasteiger partial charge in [-0.05, 0) is 61.9 Å². The molecule has 170 valence electrons. The third-order valence-corrected chi connectivity index (χ3v) is 6.09. The van der Waals surface area contributed by atoms with Crippen molar-refractivity contribution < 1.29 is 23.5 Å². The largest absolute Gasteiger partial charge is 0.491 e. The fraction of sp³-hybridized carbons (Fsp3) is 0.440. The SMILES string of the molecule is Cc1ccc2c(c1)N(CCCC(=O)N1CCC(CCOc3ccccc3F)C1)C(=O)CO2. The van der Waals surface area contributed by atoms with Crippen LogP contribution in [-0.2, 0) is 9.59 Å². The predicted molar refractivity (Wildman–Crippen MR) is 119 cm³/mol. The van der Waals surface area contributed by atoms with Gasteiger partial charge in [0.15, 0.2) is 18.2 Å². The van der Waals surface area contributed by atoms with Gasteiger partial charge in [0.2, 0.25) is 5.91 Å². The summed E-state index contributed by atoms with van der Waals surface area (Å²) in [6.07, 6.45) is 2.73. The quantitative estimate of drug-likeness (QED) is 0.624. The van der Waals surface area contributed by atoms with Gasteiger partial charge in [-0.1, -0.05) is 18.2 Å². The number of amides is 2. The third kappa shape index (κ3) is 5.21. The van der Waals surface area contributed by atoms with Gasteiger partial charge in [0, 0.05) is 26.1 Å². The lowest BCUT2D eigenvalue weighted by atomic mass is 10.1. The summed E-state index contributed by atoms with van der Waals surface area (Å²) in [5.74, 6) is 1.03. The zero-order valence-electron chi connectivity index (χ0n) is 18.4. The van der Waals surface area contributed by atoms with Crippen molar-refractivity contribution in [3.63, 3.8) is 0 Å². The Morgan fingerprint density at radius 3 is 2.94 bits per heavy atom. The predicted octanol–water partition coefficient (Wildman–Crippen LogP) is 3.96. The van der Waals surface area contributed by atoms with Crippen LogP contribution in [0.25, 0.3) is 0 Å². The minimum atomic E-state index is -0.354. The number of fused-ring (bicyclic) bond motifs is 1. The number of ether oxygens (including phenoxy) is 2. The van der Waals surface area contributed by atoms with Crippen molar-refractivity contribution in [3.05, 3.63) is 53.8 Å². The molecule has 4 rings (SSSR count). The summed E-state index contributed by atoms with van der Waals surface area (Å²) in [6, 6.07) is 12.2. The van der Waals surface area contributed by atoms with E-state index >= 15 is 0 Å². The zero-order chi connectivity index (χ0) is 22.5. The molecule has 0 spiro atoms. The number of benzene rings is 2. The van der Waals surface area contributed by atoms with Crippen molar-refractivity contribution in [2.45, 2.75) is 32.6 Å². The Kier molecular flexibility index (Phi) is 6.93. The van der Waals surface area contributed by atoms with E-state index in [4.69, 9.17) is 9.47 Å². The number of rotatable bonds is 8. The van der Waals surface area contributed by atoms with E-state index in [9.17, 15) is 14.0 Å². The van der Waals surface area contributed by atoms with Gasteiger partial charge in [0.05, 0.1) is 12.3 Å². The zero-order valence-corrected chi connectivity index (χ0v) is 18.4. The van der Waals surface area contributed by atoms with Crippen LogP contribution in [0.3, 0.4) is 0 Å². The minimum Gasteiger partial charge on any atom is -0.491 e. The molecule has 0 radical (unpaired) electrons. The number of carbonyl (C=O) groups is 2. The van der Waals surface area contributed by atoms with E-state index in [1.54, 1.807) is 23.1 Å². The molecule has 2 aromatic rings. The molecule has 0 N–H and O–H groups in total. The summed E-state index contributed by atoms with van der Waals surface area (Å²) in [4.78, 5) is 28.6. The Hall–Kier alpha value is -3.09. The maximum absolute atomic E-state index is 13.6. The van der Waals surface area contributed by atoms with Crippen molar-refractivity contribution in [1.82, 2.24) is 4.90 Å². The summed E-state index contributed by atoms with van der Waals surface area (Å²) >= 11 is 0. The lowest BCUT2D eigenvalue weighted by Crippen LogP contribution is -2.40. The number of hydrogen-bond acceptors (Lipinski definition) is 4. The molecule has 1 fully saturated rings. The first-order chi connectivity index (χ1) is 15.5. The number of likely N-dealkylation sites (tertiary alicyclic amines) is 1. The van der Waals surface area contributed by atoms with Crippen LogP contribution in [-0.4, -0.2) is 49.6 Å². The molecule has 2 aliphatic rings. The van der Waals surface area contributed by atoms with E-state index in [2.05, 4.69) is 0 Å². The lowest BCUT2D eigenvalue weighted by Gasteiger charge is -2.29. The summed E-state index contributed by atoms with van der Waals surface area (Å²) in [6.45, 7) is 4.39. The summed E-state index contributed by atoms with van der Waals surface area (Å²) in [5, 5.41) is 0.